The number of H-pyrrole nitrogens is 1. The summed E-state index contributed by atoms with van der Waals surface area (Å²) in [5.41, 5.74) is 2.04. The molecule has 1 atom stereocenters. The average Bonchev–Trinajstić information content (AvgIpc) is 3.10. The van der Waals surface area contributed by atoms with E-state index in [4.69, 9.17) is 9.47 Å². The average molecular weight is 393 g/mol. The fourth-order valence-corrected chi connectivity index (χ4v) is 4.33. The van der Waals surface area contributed by atoms with Crippen molar-refractivity contribution in [3.8, 4) is 11.5 Å². The molecule has 26 heavy (non-hydrogen) atoms. The zero-order valence-electron chi connectivity index (χ0n) is 14.6. The summed E-state index contributed by atoms with van der Waals surface area (Å²) in [7, 11) is 3.09. The number of nitrogens with one attached hydrogen (secondary N) is 2. The molecule has 7 nitrogen and oxygen atoms in total. The minimum atomic E-state index is -0.432. The number of anilines is 1. The normalized spacial score (nSPS) is 13.8. The number of ether oxygens (including phenoxy) is 2. The van der Waals surface area contributed by atoms with Crippen LogP contribution in [0.1, 0.15) is 18.2 Å². The minimum Gasteiger partial charge on any atom is -0.493 e. The molecule has 1 aromatic heterocycles. The van der Waals surface area contributed by atoms with Gasteiger partial charge in [0, 0.05) is 28.8 Å². The number of benzene rings is 1. The molecule has 0 saturated carbocycles. The van der Waals surface area contributed by atoms with Crippen LogP contribution in [-0.4, -0.2) is 35.3 Å². The smallest absolute Gasteiger partial charge is 0.255 e. The van der Waals surface area contributed by atoms with Crippen molar-refractivity contribution in [2.24, 2.45) is 0 Å². The number of aromatic nitrogens is 2. The van der Waals surface area contributed by atoms with Crippen molar-refractivity contribution in [2.45, 2.75) is 28.8 Å². The van der Waals surface area contributed by atoms with Crippen molar-refractivity contribution in [1.82, 2.24) is 9.97 Å². The SMILES string of the molecule is COc1ccc(NC(=O)C(C)Sc2nc3c(c(=O)[nH]2)CSC3)cc1OC. The largest absolute Gasteiger partial charge is 0.493 e. The highest BCUT2D eigenvalue weighted by Crippen LogP contribution is 2.31. The number of nitrogens with zero attached hydrogens (tertiary/aromatic N) is 1. The van der Waals surface area contributed by atoms with E-state index in [1.54, 1.807) is 44.0 Å². The zero-order valence-corrected chi connectivity index (χ0v) is 16.3. The number of methoxy groups -OCH3 is 2. The van der Waals surface area contributed by atoms with Crippen LogP contribution in [0.5, 0.6) is 11.5 Å². The predicted octanol–water partition coefficient (Wildman–Crippen LogP) is 2.65. The van der Waals surface area contributed by atoms with Gasteiger partial charge in [0.1, 0.15) is 0 Å². The molecule has 2 heterocycles. The standard InChI is InChI=1S/C17H19N3O4S2/c1-9(26-17-19-12-8-25-7-11(12)16(22)20-17)15(21)18-10-4-5-13(23-2)14(6-10)24-3/h4-6,9H,7-8H2,1-3H3,(H,18,21)(H,19,20,22). The van der Waals surface area contributed by atoms with Gasteiger partial charge in [-0.25, -0.2) is 4.98 Å². The monoisotopic (exact) mass is 393 g/mol. The lowest BCUT2D eigenvalue weighted by atomic mass is 10.2. The van der Waals surface area contributed by atoms with Crippen molar-refractivity contribution in [3.05, 3.63) is 39.8 Å². The number of carbonyl (C=O) groups excluding carboxylic acids is 1. The fraction of sp³-hybridized carbons (Fsp3) is 0.353. The molecule has 0 fully saturated rings. The second kappa shape index (κ2) is 8.05. The van der Waals surface area contributed by atoms with Crippen LogP contribution >= 0.6 is 23.5 Å². The lowest BCUT2D eigenvalue weighted by Gasteiger charge is -2.13. The number of fused-ring (bicyclic) bond motifs is 1. The number of rotatable bonds is 6. The van der Waals surface area contributed by atoms with Gasteiger partial charge in [-0.05, 0) is 19.1 Å². The van der Waals surface area contributed by atoms with E-state index in [0.717, 1.165) is 17.0 Å². The Morgan fingerprint density at radius 2 is 2.08 bits per heavy atom. The van der Waals surface area contributed by atoms with Crippen LogP contribution < -0.4 is 20.3 Å². The van der Waals surface area contributed by atoms with Crippen LogP contribution in [0.4, 0.5) is 5.69 Å². The fourth-order valence-electron chi connectivity index (χ4n) is 2.47. The van der Waals surface area contributed by atoms with Crippen LogP contribution in [0, 0.1) is 0 Å². The molecule has 0 aliphatic carbocycles. The van der Waals surface area contributed by atoms with Crippen molar-refractivity contribution >= 4 is 35.1 Å². The summed E-state index contributed by atoms with van der Waals surface area (Å²) in [5, 5.41) is 2.87. The lowest BCUT2D eigenvalue weighted by molar-refractivity contribution is -0.115. The molecule has 0 radical (unpaired) electrons. The van der Waals surface area contributed by atoms with Gasteiger partial charge in [0.25, 0.3) is 5.56 Å². The van der Waals surface area contributed by atoms with Gasteiger partial charge < -0.3 is 19.8 Å². The predicted molar refractivity (Wildman–Crippen MR) is 103 cm³/mol. The van der Waals surface area contributed by atoms with E-state index in [0.29, 0.717) is 28.1 Å². The maximum absolute atomic E-state index is 12.5. The summed E-state index contributed by atoms with van der Waals surface area (Å²) >= 11 is 2.89. The number of hydrogen-bond donors (Lipinski definition) is 2. The first-order chi connectivity index (χ1) is 12.5. The second-order valence-electron chi connectivity index (χ2n) is 5.61. The van der Waals surface area contributed by atoms with Gasteiger partial charge in [-0.1, -0.05) is 11.8 Å². The van der Waals surface area contributed by atoms with Crippen LogP contribution in [0.2, 0.25) is 0 Å². The van der Waals surface area contributed by atoms with E-state index in [2.05, 4.69) is 15.3 Å². The van der Waals surface area contributed by atoms with Crippen LogP contribution in [0.3, 0.4) is 0 Å². The third-order valence-corrected chi connectivity index (χ3v) is 5.83. The topological polar surface area (TPSA) is 93.3 Å². The van der Waals surface area contributed by atoms with E-state index in [1.807, 2.05) is 0 Å². The molecule has 138 valence electrons. The van der Waals surface area contributed by atoms with Gasteiger partial charge in [-0.15, -0.1) is 0 Å². The number of aromatic amines is 1. The molecule has 1 aliphatic heterocycles. The first-order valence-corrected chi connectivity index (χ1v) is 9.94. The molecule has 0 bridgehead atoms. The summed E-state index contributed by atoms with van der Waals surface area (Å²) in [6, 6.07) is 5.16. The number of carbonyl (C=O) groups is 1. The first-order valence-electron chi connectivity index (χ1n) is 7.91. The first kappa shape index (κ1) is 18.7. The van der Waals surface area contributed by atoms with Crippen molar-refractivity contribution < 1.29 is 14.3 Å². The molecular weight excluding hydrogens is 374 g/mol. The van der Waals surface area contributed by atoms with Crippen LogP contribution in [0.15, 0.2) is 28.2 Å². The summed E-state index contributed by atoms with van der Waals surface area (Å²) in [6.45, 7) is 1.77. The Balaban J connectivity index is 1.69. The quantitative estimate of drug-likeness (QED) is 0.576. The molecule has 0 saturated heterocycles. The molecule has 1 aliphatic rings. The Bertz CT molecular complexity index is 885. The highest BCUT2D eigenvalue weighted by Gasteiger charge is 2.21. The molecule has 0 spiro atoms. The third-order valence-electron chi connectivity index (χ3n) is 3.87. The molecule has 1 unspecified atom stereocenters. The number of thioether (sulfide) groups is 2. The highest BCUT2D eigenvalue weighted by atomic mass is 32.2. The Labute approximate surface area is 159 Å². The number of amides is 1. The highest BCUT2D eigenvalue weighted by molar-refractivity contribution is 8.00. The molecule has 9 heteroatoms. The van der Waals surface area contributed by atoms with Crippen molar-refractivity contribution in [2.75, 3.05) is 19.5 Å². The maximum atomic E-state index is 12.5. The Kier molecular flexibility index (Phi) is 5.77. The third kappa shape index (κ3) is 3.99. The maximum Gasteiger partial charge on any atom is 0.255 e. The van der Waals surface area contributed by atoms with Gasteiger partial charge in [0.15, 0.2) is 16.7 Å². The Morgan fingerprint density at radius 1 is 1.31 bits per heavy atom. The number of hydrogen-bond acceptors (Lipinski definition) is 7. The molecule has 2 aromatic rings. The van der Waals surface area contributed by atoms with E-state index in [1.165, 1.54) is 18.9 Å². The van der Waals surface area contributed by atoms with Gasteiger partial charge in [-0.3, -0.25) is 9.59 Å². The van der Waals surface area contributed by atoms with Crippen LogP contribution in [-0.2, 0) is 16.3 Å². The summed E-state index contributed by atoms with van der Waals surface area (Å²) < 4.78 is 10.4. The van der Waals surface area contributed by atoms with Gasteiger partial charge in [0.05, 0.1) is 25.2 Å². The molecule has 3 rings (SSSR count). The second-order valence-corrected chi connectivity index (χ2v) is 7.92. The van der Waals surface area contributed by atoms with E-state index >= 15 is 0 Å². The van der Waals surface area contributed by atoms with Gasteiger partial charge in [-0.2, -0.15) is 11.8 Å². The van der Waals surface area contributed by atoms with Crippen LogP contribution in [0.25, 0.3) is 0 Å². The van der Waals surface area contributed by atoms with Gasteiger partial charge >= 0.3 is 0 Å². The molecule has 1 aromatic carbocycles. The van der Waals surface area contributed by atoms with Gasteiger partial charge in [0.2, 0.25) is 5.91 Å². The van der Waals surface area contributed by atoms with Crippen molar-refractivity contribution in [3.63, 3.8) is 0 Å². The van der Waals surface area contributed by atoms with Crippen molar-refractivity contribution in [1.29, 1.82) is 0 Å². The summed E-state index contributed by atoms with van der Waals surface area (Å²) in [6.07, 6.45) is 0. The molecule has 1 amide bonds. The Hall–Kier alpha value is -2.13. The molecule has 2 N–H and O–H groups in total. The van der Waals surface area contributed by atoms with E-state index < -0.39 is 5.25 Å². The van der Waals surface area contributed by atoms with E-state index in [-0.39, 0.29) is 11.5 Å². The summed E-state index contributed by atoms with van der Waals surface area (Å²) in [4.78, 5) is 31.7. The van der Waals surface area contributed by atoms with E-state index in [9.17, 15) is 9.59 Å². The lowest BCUT2D eigenvalue weighted by Crippen LogP contribution is -2.23. The zero-order chi connectivity index (χ0) is 18.7. The minimum absolute atomic E-state index is 0.116. The molecular formula is C17H19N3O4S2. The Morgan fingerprint density at radius 3 is 2.81 bits per heavy atom. The summed E-state index contributed by atoms with van der Waals surface area (Å²) in [5.74, 6) is 2.36.